The van der Waals surface area contributed by atoms with Crippen LogP contribution in [0.15, 0.2) is 60.8 Å². The van der Waals surface area contributed by atoms with E-state index < -0.39 is 17.7 Å². The Kier molecular flexibility index (Phi) is 15.4. The molecule has 6 atom stereocenters. The summed E-state index contributed by atoms with van der Waals surface area (Å²) in [4.78, 5) is 41.4. The summed E-state index contributed by atoms with van der Waals surface area (Å²) in [5.41, 5.74) is 6.96. The van der Waals surface area contributed by atoms with E-state index in [1.807, 2.05) is 31.9 Å². The summed E-state index contributed by atoms with van der Waals surface area (Å²) < 4.78 is 30.9. The fourth-order valence-corrected chi connectivity index (χ4v) is 11.1. The lowest BCUT2D eigenvalue weighted by atomic mass is 9.92. The summed E-state index contributed by atoms with van der Waals surface area (Å²) in [7, 11) is 3.50. The number of H-pyrrole nitrogens is 1. The summed E-state index contributed by atoms with van der Waals surface area (Å²) >= 11 is 0. The van der Waals surface area contributed by atoms with Crippen LogP contribution in [-0.4, -0.2) is 82.9 Å². The molecular formula is C52H72F2N10O2. The molecule has 0 saturated carbocycles. The van der Waals surface area contributed by atoms with Crippen molar-refractivity contribution >= 4 is 40.2 Å². The van der Waals surface area contributed by atoms with Gasteiger partial charge >= 0.3 is 6.03 Å². The van der Waals surface area contributed by atoms with Gasteiger partial charge in [-0.25, -0.2) is 18.6 Å². The fraction of sp³-hybridized carbons (Fsp3) is 0.538. The highest BCUT2D eigenvalue weighted by Gasteiger charge is 2.40. The standard InChI is InChI=1S/C52H72F2N10O2/c1-10-33(11-2)47(56-8)49(55)62-24-14-16-43(62)32(7)58-40-20-18-35(26-30(40)5)44-22-23-45(64(44)37-28-38(53)31(6)39(54)29-37)36-19-21-41-42(27-36)60-50(59-41)46-17-15-25-63(46)51(65)48(34(12-3)13-4)61-52(66)57-9/h18-21,26-29,33-34,43-48,55-56,58H,7,10-17,22-25H2,1-6,8-9H3,(H,59,60)(H2,57,61,66)/t43-,44?,45+,46?,47?,48?/m0/s1. The van der Waals surface area contributed by atoms with Gasteiger partial charge in [0.1, 0.15) is 29.3 Å². The Morgan fingerprint density at radius 1 is 0.818 bits per heavy atom. The number of rotatable bonds is 17. The van der Waals surface area contributed by atoms with Crippen LogP contribution >= 0.6 is 0 Å². The van der Waals surface area contributed by atoms with E-state index in [1.165, 1.54) is 19.1 Å². The number of halogens is 2. The number of carbonyl (C=O) groups is 2. The molecule has 14 heteroatoms. The van der Waals surface area contributed by atoms with Gasteiger partial charge in [0.25, 0.3) is 0 Å². The summed E-state index contributed by atoms with van der Waals surface area (Å²) in [5.74, 6) is 0.441. The summed E-state index contributed by atoms with van der Waals surface area (Å²) in [6.45, 7) is 17.9. The van der Waals surface area contributed by atoms with Gasteiger partial charge in [-0.3, -0.25) is 10.2 Å². The summed E-state index contributed by atoms with van der Waals surface area (Å²) in [6, 6.07) is 13.7. The van der Waals surface area contributed by atoms with Crippen molar-refractivity contribution in [1.29, 1.82) is 5.41 Å². The molecule has 4 heterocycles. The Morgan fingerprint density at radius 3 is 2.05 bits per heavy atom. The minimum absolute atomic E-state index is 0.00588. The monoisotopic (exact) mass is 907 g/mol. The number of likely N-dealkylation sites (tertiary alicyclic amines) is 2. The molecule has 6 N–H and O–H groups in total. The number of benzene rings is 3. The third-order valence-corrected chi connectivity index (χ3v) is 15.0. The number of aryl methyl sites for hydroxylation is 1. The van der Waals surface area contributed by atoms with Crippen LogP contribution in [0.2, 0.25) is 0 Å². The minimum Gasteiger partial charge on any atom is -0.357 e. The van der Waals surface area contributed by atoms with Gasteiger partial charge in [-0.1, -0.05) is 78.2 Å². The average molecular weight is 907 g/mol. The Bertz CT molecular complexity index is 2370. The average Bonchev–Trinajstić information content (AvgIpc) is 4.16. The number of anilines is 2. The molecule has 0 spiro atoms. The zero-order valence-corrected chi connectivity index (χ0v) is 40.3. The molecule has 3 fully saturated rings. The summed E-state index contributed by atoms with van der Waals surface area (Å²) in [6.07, 6.45) is 8.52. The highest BCUT2D eigenvalue weighted by atomic mass is 19.1. The molecule has 3 aliphatic rings. The Balaban J connectivity index is 1.14. The number of nitrogens with one attached hydrogen (secondary N) is 6. The largest absolute Gasteiger partial charge is 0.357 e. The first-order valence-electron chi connectivity index (χ1n) is 24.4. The van der Waals surface area contributed by atoms with Gasteiger partial charge in [0.2, 0.25) is 5.91 Å². The molecule has 3 aliphatic heterocycles. The number of imidazole rings is 1. The van der Waals surface area contributed by atoms with E-state index in [1.54, 1.807) is 7.05 Å². The van der Waals surface area contributed by atoms with E-state index in [-0.39, 0.29) is 53.6 Å². The van der Waals surface area contributed by atoms with Gasteiger partial charge < -0.3 is 41.0 Å². The number of aromatic nitrogens is 2. The van der Waals surface area contributed by atoms with Crippen LogP contribution in [0.25, 0.3) is 11.0 Å². The number of nitrogens with zero attached hydrogens (tertiary/aromatic N) is 4. The number of fused-ring (bicyclic) bond motifs is 1. The first kappa shape index (κ1) is 48.4. The number of aromatic amines is 1. The number of hydrogen-bond donors (Lipinski definition) is 6. The van der Waals surface area contributed by atoms with Crippen molar-refractivity contribution in [3.05, 3.63) is 101 Å². The Morgan fingerprint density at radius 2 is 1.42 bits per heavy atom. The molecule has 4 unspecified atom stereocenters. The van der Waals surface area contributed by atoms with E-state index in [9.17, 15) is 15.0 Å². The molecule has 3 amide bonds. The lowest BCUT2D eigenvalue weighted by molar-refractivity contribution is -0.135. The predicted octanol–water partition coefficient (Wildman–Crippen LogP) is 10.3. The molecule has 3 saturated heterocycles. The second kappa shape index (κ2) is 21.0. The van der Waals surface area contributed by atoms with Gasteiger partial charge in [-0.15, -0.1) is 0 Å². The molecule has 4 aromatic rings. The maximum absolute atomic E-state index is 15.4. The van der Waals surface area contributed by atoms with Crippen molar-refractivity contribution < 1.29 is 18.4 Å². The summed E-state index contributed by atoms with van der Waals surface area (Å²) in [5, 5.41) is 21.8. The lowest BCUT2D eigenvalue weighted by Crippen LogP contribution is -2.53. The molecule has 66 heavy (non-hydrogen) atoms. The zero-order chi connectivity index (χ0) is 47.4. The van der Waals surface area contributed by atoms with E-state index in [0.717, 1.165) is 110 Å². The quantitative estimate of drug-likeness (QED) is 0.0457. The number of carbonyl (C=O) groups excluding carboxylic acids is 2. The van der Waals surface area contributed by atoms with Crippen LogP contribution < -0.4 is 26.2 Å². The maximum Gasteiger partial charge on any atom is 0.315 e. The first-order valence-corrected chi connectivity index (χ1v) is 24.4. The zero-order valence-electron chi connectivity index (χ0n) is 40.3. The van der Waals surface area contributed by atoms with E-state index in [2.05, 4.69) is 93.7 Å². The van der Waals surface area contributed by atoms with Gasteiger partial charge in [0, 0.05) is 42.8 Å². The Labute approximate surface area is 390 Å². The molecule has 0 aliphatic carbocycles. The minimum atomic E-state index is -0.648. The molecule has 1 aromatic heterocycles. The SMILES string of the molecule is C=C(Nc1ccc(C2CC[C@H](c3ccc4nc(C5CCCN5C(=O)C(NC(=O)NC)C(CC)CC)[nH]c4c3)N2c2cc(F)c(C)c(F)c2)cc1C)[C@@H]1CCCN1C(=N)C(NC)C(CC)CC. The lowest BCUT2D eigenvalue weighted by Gasteiger charge is -2.36. The van der Waals surface area contributed by atoms with Gasteiger partial charge in [-0.2, -0.15) is 0 Å². The normalized spacial score (nSPS) is 20.7. The van der Waals surface area contributed by atoms with Crippen molar-refractivity contribution in [3.63, 3.8) is 0 Å². The van der Waals surface area contributed by atoms with Crippen LogP contribution in [0.1, 0.15) is 138 Å². The third kappa shape index (κ3) is 9.66. The van der Waals surface area contributed by atoms with Crippen LogP contribution in [0, 0.1) is 42.7 Å². The highest BCUT2D eigenvalue weighted by Crippen LogP contribution is 2.48. The number of amidine groups is 1. The highest BCUT2D eigenvalue weighted by molar-refractivity contribution is 5.88. The smallest absolute Gasteiger partial charge is 0.315 e. The number of likely N-dealkylation sites (N-methyl/N-ethyl adjacent to an activating group) is 1. The van der Waals surface area contributed by atoms with Crippen LogP contribution in [0.4, 0.5) is 25.0 Å². The van der Waals surface area contributed by atoms with Gasteiger partial charge in [0.05, 0.1) is 41.2 Å². The van der Waals surface area contributed by atoms with E-state index in [0.29, 0.717) is 29.8 Å². The molecule has 7 rings (SSSR count). The molecular weight excluding hydrogens is 835 g/mol. The second-order valence-electron chi connectivity index (χ2n) is 18.7. The topological polar surface area (TPSA) is 145 Å². The van der Waals surface area contributed by atoms with E-state index in [4.69, 9.17) is 4.98 Å². The van der Waals surface area contributed by atoms with Crippen molar-refractivity contribution in [3.8, 4) is 0 Å². The van der Waals surface area contributed by atoms with Gasteiger partial charge in [0.15, 0.2) is 0 Å². The predicted molar refractivity (Wildman–Crippen MR) is 262 cm³/mol. The molecule has 0 bridgehead atoms. The van der Waals surface area contributed by atoms with Crippen molar-refractivity contribution in [2.24, 2.45) is 11.8 Å². The third-order valence-electron chi connectivity index (χ3n) is 15.0. The fourth-order valence-electron chi connectivity index (χ4n) is 11.1. The molecule has 356 valence electrons. The van der Waals surface area contributed by atoms with Crippen LogP contribution in [0.3, 0.4) is 0 Å². The number of urea groups is 1. The van der Waals surface area contributed by atoms with Crippen molar-refractivity contribution in [1.82, 2.24) is 35.7 Å². The molecule has 3 aromatic carbocycles. The number of amides is 3. The maximum atomic E-state index is 15.4. The first-order chi connectivity index (χ1) is 31.8. The van der Waals surface area contributed by atoms with Crippen molar-refractivity contribution in [2.45, 2.75) is 142 Å². The van der Waals surface area contributed by atoms with Crippen molar-refractivity contribution in [2.75, 3.05) is 37.4 Å². The number of hydrogen-bond acceptors (Lipinski definition) is 7. The van der Waals surface area contributed by atoms with Crippen LogP contribution in [0.5, 0.6) is 0 Å². The Hall–Kier alpha value is -5.50. The van der Waals surface area contributed by atoms with Crippen LogP contribution in [-0.2, 0) is 4.79 Å². The second-order valence-corrected chi connectivity index (χ2v) is 18.7. The molecule has 0 radical (unpaired) electrons. The van der Waals surface area contributed by atoms with E-state index >= 15 is 8.78 Å². The molecule has 12 nitrogen and oxygen atoms in total. The van der Waals surface area contributed by atoms with Gasteiger partial charge in [-0.05, 0) is 118 Å².